The maximum Gasteiger partial charge on any atom is 0.160 e. The first-order valence-corrected chi connectivity index (χ1v) is 20.5. The third-order valence-corrected chi connectivity index (χ3v) is 12.2. The Hall–Kier alpha value is -7.62. The normalized spacial score (nSPS) is 12.5. The van der Waals surface area contributed by atoms with Crippen LogP contribution in [0.3, 0.4) is 0 Å². The van der Waals surface area contributed by atoms with E-state index in [9.17, 15) is 0 Å². The molecule has 3 nitrogen and oxygen atoms in total. The summed E-state index contributed by atoms with van der Waals surface area (Å²) in [5, 5.41) is 9.83. The summed E-state index contributed by atoms with van der Waals surface area (Å²) in [4.78, 5) is 10.4. The van der Waals surface area contributed by atoms with Gasteiger partial charge in [0.1, 0.15) is 0 Å². The van der Waals surface area contributed by atoms with Crippen molar-refractivity contribution >= 4 is 60.2 Å². The molecule has 0 fully saturated rings. The van der Waals surface area contributed by atoms with Crippen LogP contribution in [0.15, 0.2) is 194 Å². The second-order valence-corrected chi connectivity index (χ2v) is 15.6. The minimum absolute atomic E-state index is 0.712. The van der Waals surface area contributed by atoms with Crippen LogP contribution in [0.2, 0.25) is 0 Å². The standard InChI is InChI=1S/C56H37N3/c1-3-15-37(16-4-1)51-35-52(58-56(57-51)38-17-5-2-6-18-38)49-24-13-23-48-44-21-10-9-20-43(44)45-30-27-40(33-50(45)55(48)49)41-28-31-47-46-22-11-12-25-53(46)59(54(47)34-41)42-29-26-36-14-7-8-19-39(36)32-42/h1-7,9-18,20-35H,8,19H2. The van der Waals surface area contributed by atoms with Crippen LogP contribution in [0.1, 0.15) is 17.5 Å². The molecule has 9 aromatic carbocycles. The molecule has 2 heterocycles. The van der Waals surface area contributed by atoms with Gasteiger partial charge in [-0.3, -0.25) is 0 Å². The van der Waals surface area contributed by atoms with E-state index in [1.54, 1.807) is 0 Å². The van der Waals surface area contributed by atoms with Crippen molar-refractivity contribution < 1.29 is 0 Å². The number of para-hydroxylation sites is 1. The van der Waals surface area contributed by atoms with Crippen LogP contribution >= 0.6 is 0 Å². The third kappa shape index (κ3) is 5.50. The Balaban J connectivity index is 1.11. The maximum absolute atomic E-state index is 5.32. The van der Waals surface area contributed by atoms with Crippen LogP contribution in [0.25, 0.3) is 111 Å². The van der Waals surface area contributed by atoms with Crippen molar-refractivity contribution in [2.24, 2.45) is 0 Å². The summed E-state index contributed by atoms with van der Waals surface area (Å²) in [5.74, 6) is 0.712. The Morgan fingerprint density at radius 1 is 0.407 bits per heavy atom. The van der Waals surface area contributed by atoms with Gasteiger partial charge in [0.2, 0.25) is 0 Å². The number of aryl methyl sites for hydroxylation is 1. The molecule has 0 spiro atoms. The van der Waals surface area contributed by atoms with Crippen molar-refractivity contribution in [2.45, 2.75) is 12.8 Å². The van der Waals surface area contributed by atoms with Gasteiger partial charge >= 0.3 is 0 Å². The van der Waals surface area contributed by atoms with Gasteiger partial charge in [0.15, 0.2) is 5.82 Å². The predicted molar refractivity (Wildman–Crippen MR) is 248 cm³/mol. The van der Waals surface area contributed by atoms with E-state index in [4.69, 9.17) is 9.97 Å². The molecular weight excluding hydrogens is 715 g/mol. The van der Waals surface area contributed by atoms with Crippen LogP contribution in [-0.4, -0.2) is 14.5 Å². The zero-order chi connectivity index (χ0) is 38.9. The van der Waals surface area contributed by atoms with E-state index in [1.165, 1.54) is 82.1 Å². The highest BCUT2D eigenvalue weighted by Crippen LogP contribution is 2.43. The predicted octanol–water partition coefficient (Wildman–Crippen LogP) is 14.7. The molecule has 0 aliphatic heterocycles. The SMILES string of the molecule is C1=Cc2ccc(-n3c4ccccc4c4ccc(-c5ccc6c7ccccc7c7cccc(-c8cc(-c9ccccc9)nc(-c9ccccc9)n8)c7c6c5)cc43)cc2CC1. The van der Waals surface area contributed by atoms with Crippen molar-refractivity contribution in [3.8, 4) is 50.7 Å². The zero-order valence-corrected chi connectivity index (χ0v) is 32.3. The minimum Gasteiger partial charge on any atom is -0.309 e. The molecule has 1 aliphatic rings. The molecule has 0 amide bonds. The number of allylic oxidation sites excluding steroid dienone is 1. The zero-order valence-electron chi connectivity index (χ0n) is 32.3. The Labute approximate surface area is 342 Å². The monoisotopic (exact) mass is 751 g/mol. The van der Waals surface area contributed by atoms with Crippen LogP contribution in [-0.2, 0) is 6.42 Å². The van der Waals surface area contributed by atoms with E-state index in [1.807, 2.05) is 24.3 Å². The van der Waals surface area contributed by atoms with Gasteiger partial charge in [-0.05, 0) is 104 Å². The first-order chi connectivity index (χ1) is 29.2. The van der Waals surface area contributed by atoms with Crippen molar-refractivity contribution in [1.29, 1.82) is 0 Å². The van der Waals surface area contributed by atoms with Crippen LogP contribution < -0.4 is 0 Å². The fourth-order valence-corrected chi connectivity index (χ4v) is 9.44. The first-order valence-electron chi connectivity index (χ1n) is 20.5. The van der Waals surface area contributed by atoms with Gasteiger partial charge in [-0.1, -0.05) is 164 Å². The molecule has 1 aliphatic carbocycles. The molecule has 2 aromatic heterocycles. The molecule has 0 atom stereocenters. The molecular formula is C56H37N3. The average molecular weight is 752 g/mol. The highest BCUT2D eigenvalue weighted by Gasteiger charge is 2.19. The fraction of sp³-hybridized carbons (Fsp3) is 0.0357. The number of fused-ring (bicyclic) bond motifs is 10. The fourth-order valence-electron chi connectivity index (χ4n) is 9.44. The Bertz CT molecular complexity index is 3430. The molecule has 59 heavy (non-hydrogen) atoms. The summed E-state index contributed by atoms with van der Waals surface area (Å²) >= 11 is 0. The summed E-state index contributed by atoms with van der Waals surface area (Å²) < 4.78 is 2.46. The lowest BCUT2D eigenvalue weighted by Crippen LogP contribution is -1.99. The minimum atomic E-state index is 0.712. The lowest BCUT2D eigenvalue weighted by atomic mass is 9.89. The number of hydrogen-bond acceptors (Lipinski definition) is 2. The maximum atomic E-state index is 5.32. The van der Waals surface area contributed by atoms with E-state index >= 15 is 0 Å². The second-order valence-electron chi connectivity index (χ2n) is 15.6. The lowest BCUT2D eigenvalue weighted by Gasteiger charge is -2.16. The van der Waals surface area contributed by atoms with Gasteiger partial charge < -0.3 is 4.57 Å². The summed E-state index contributed by atoms with van der Waals surface area (Å²) in [7, 11) is 0. The summed E-state index contributed by atoms with van der Waals surface area (Å²) in [6, 6.07) is 68.2. The van der Waals surface area contributed by atoms with Crippen molar-refractivity contribution in [2.75, 3.05) is 0 Å². The van der Waals surface area contributed by atoms with Crippen molar-refractivity contribution in [1.82, 2.24) is 14.5 Å². The Morgan fingerprint density at radius 2 is 1.05 bits per heavy atom. The van der Waals surface area contributed by atoms with Crippen LogP contribution in [0.4, 0.5) is 0 Å². The highest BCUT2D eigenvalue weighted by atomic mass is 15.0. The average Bonchev–Trinajstić information content (AvgIpc) is 3.65. The van der Waals surface area contributed by atoms with E-state index in [0.29, 0.717) is 5.82 Å². The molecule has 276 valence electrons. The first kappa shape index (κ1) is 33.5. The number of benzene rings is 9. The van der Waals surface area contributed by atoms with Gasteiger partial charge in [-0.25, -0.2) is 9.97 Å². The van der Waals surface area contributed by atoms with Gasteiger partial charge in [0.25, 0.3) is 0 Å². The van der Waals surface area contributed by atoms with Gasteiger partial charge in [0, 0.05) is 33.2 Å². The molecule has 0 N–H and O–H groups in total. The van der Waals surface area contributed by atoms with E-state index in [2.05, 4.69) is 181 Å². The molecule has 0 saturated heterocycles. The largest absolute Gasteiger partial charge is 0.309 e. The Morgan fingerprint density at radius 3 is 1.88 bits per heavy atom. The van der Waals surface area contributed by atoms with Crippen molar-refractivity contribution in [3.05, 3.63) is 205 Å². The molecule has 12 rings (SSSR count). The highest BCUT2D eigenvalue weighted by molar-refractivity contribution is 6.29. The van der Waals surface area contributed by atoms with Crippen LogP contribution in [0.5, 0.6) is 0 Å². The van der Waals surface area contributed by atoms with Gasteiger partial charge in [-0.15, -0.1) is 0 Å². The lowest BCUT2D eigenvalue weighted by molar-refractivity contribution is 0.979. The second kappa shape index (κ2) is 13.5. The molecule has 0 saturated carbocycles. The quantitative estimate of drug-likeness (QED) is 0.164. The van der Waals surface area contributed by atoms with E-state index in [0.717, 1.165) is 40.9 Å². The van der Waals surface area contributed by atoms with Crippen molar-refractivity contribution in [3.63, 3.8) is 0 Å². The molecule has 0 unspecified atom stereocenters. The van der Waals surface area contributed by atoms with E-state index < -0.39 is 0 Å². The number of aromatic nitrogens is 3. The third-order valence-electron chi connectivity index (χ3n) is 12.2. The summed E-state index contributed by atoms with van der Waals surface area (Å²) in [5.41, 5.74) is 13.7. The number of hydrogen-bond donors (Lipinski definition) is 0. The van der Waals surface area contributed by atoms with Crippen LogP contribution in [0, 0.1) is 0 Å². The Kier molecular flexibility index (Phi) is 7.67. The van der Waals surface area contributed by atoms with Gasteiger partial charge in [-0.2, -0.15) is 0 Å². The summed E-state index contributed by atoms with van der Waals surface area (Å²) in [6.45, 7) is 0. The number of nitrogens with zero attached hydrogens (tertiary/aromatic N) is 3. The molecule has 11 aromatic rings. The smallest absolute Gasteiger partial charge is 0.160 e. The van der Waals surface area contributed by atoms with E-state index in [-0.39, 0.29) is 0 Å². The summed E-state index contributed by atoms with van der Waals surface area (Å²) in [6.07, 6.45) is 6.70. The molecule has 0 bridgehead atoms. The topological polar surface area (TPSA) is 30.7 Å². The molecule has 3 heteroatoms. The number of rotatable bonds is 5. The molecule has 0 radical (unpaired) electrons. The van der Waals surface area contributed by atoms with Gasteiger partial charge in [0.05, 0.1) is 22.4 Å².